The highest BCUT2D eigenvalue weighted by molar-refractivity contribution is 6.31. The molecule has 6 nitrogen and oxygen atoms in total. The quantitative estimate of drug-likeness (QED) is 0.856. The summed E-state index contributed by atoms with van der Waals surface area (Å²) in [5, 5.41) is 2.57. The molecule has 2 heterocycles. The molecular formula is C20H17ClFN3O3. The van der Waals surface area contributed by atoms with Crippen molar-refractivity contribution < 1.29 is 18.8 Å². The second-order valence-corrected chi connectivity index (χ2v) is 7.10. The molecule has 1 saturated heterocycles. The fourth-order valence-corrected chi connectivity index (χ4v) is 4.19. The van der Waals surface area contributed by atoms with Crippen LogP contribution in [0.2, 0.25) is 5.02 Å². The molecule has 0 aromatic heterocycles. The standard InChI is InChI=1S/C20H17ClFN3O3/c1-2-24-18(27)13-5-3-4-6-16(13)25-17(26)9-10-20(24,25)19(28)23-12-7-8-15(22)14(21)11-12/h3-8,11H,2,9-10H2,1H3,(H,23,28)/t20-/m0/s1. The molecule has 3 amide bonds. The Labute approximate surface area is 165 Å². The normalized spacial score (nSPS) is 20.8. The Morgan fingerprint density at radius 1 is 1.25 bits per heavy atom. The molecule has 0 spiro atoms. The largest absolute Gasteiger partial charge is 0.322 e. The van der Waals surface area contributed by atoms with Crippen LogP contribution in [0.5, 0.6) is 0 Å². The summed E-state index contributed by atoms with van der Waals surface area (Å²) < 4.78 is 13.4. The Morgan fingerprint density at radius 2 is 2.00 bits per heavy atom. The highest BCUT2D eigenvalue weighted by Gasteiger charge is 2.60. The first-order valence-corrected chi connectivity index (χ1v) is 9.28. The lowest BCUT2D eigenvalue weighted by atomic mass is 9.95. The molecule has 1 fully saturated rings. The zero-order valence-electron chi connectivity index (χ0n) is 15.0. The Hall–Kier alpha value is -2.93. The van der Waals surface area contributed by atoms with Gasteiger partial charge >= 0.3 is 0 Å². The van der Waals surface area contributed by atoms with Crippen molar-refractivity contribution in [3.05, 3.63) is 58.9 Å². The maximum atomic E-state index is 13.4. The van der Waals surface area contributed by atoms with E-state index in [-0.39, 0.29) is 41.9 Å². The average molecular weight is 402 g/mol. The van der Waals surface area contributed by atoms with Crippen LogP contribution in [0.4, 0.5) is 15.8 Å². The maximum absolute atomic E-state index is 13.4. The highest BCUT2D eigenvalue weighted by atomic mass is 35.5. The van der Waals surface area contributed by atoms with Gasteiger partial charge in [-0.2, -0.15) is 0 Å². The van der Waals surface area contributed by atoms with Crippen LogP contribution in [0, 0.1) is 5.82 Å². The molecule has 0 unspecified atom stereocenters. The molecule has 28 heavy (non-hydrogen) atoms. The van der Waals surface area contributed by atoms with Gasteiger partial charge in [0.25, 0.3) is 11.8 Å². The number of para-hydroxylation sites is 1. The summed E-state index contributed by atoms with van der Waals surface area (Å²) >= 11 is 5.81. The molecule has 2 aliphatic rings. The van der Waals surface area contributed by atoms with Crippen molar-refractivity contribution in [2.45, 2.75) is 25.4 Å². The number of anilines is 2. The molecule has 2 aromatic rings. The molecule has 0 bridgehead atoms. The van der Waals surface area contributed by atoms with Gasteiger partial charge in [0.05, 0.1) is 16.3 Å². The summed E-state index contributed by atoms with van der Waals surface area (Å²) in [6.45, 7) is 2.01. The van der Waals surface area contributed by atoms with Crippen LogP contribution >= 0.6 is 11.6 Å². The van der Waals surface area contributed by atoms with Crippen molar-refractivity contribution in [1.29, 1.82) is 0 Å². The van der Waals surface area contributed by atoms with E-state index in [0.29, 0.717) is 11.3 Å². The van der Waals surface area contributed by atoms with E-state index in [1.54, 1.807) is 31.2 Å². The molecule has 1 N–H and O–H groups in total. The highest BCUT2D eigenvalue weighted by Crippen LogP contribution is 2.44. The zero-order chi connectivity index (χ0) is 20.1. The van der Waals surface area contributed by atoms with E-state index in [2.05, 4.69) is 5.32 Å². The zero-order valence-corrected chi connectivity index (χ0v) is 15.8. The molecular weight excluding hydrogens is 385 g/mol. The van der Waals surface area contributed by atoms with E-state index in [1.165, 1.54) is 21.9 Å². The summed E-state index contributed by atoms with van der Waals surface area (Å²) in [6.07, 6.45) is 0.302. The smallest absolute Gasteiger partial charge is 0.271 e. The predicted octanol–water partition coefficient (Wildman–Crippen LogP) is 3.42. The van der Waals surface area contributed by atoms with Gasteiger partial charge in [0.15, 0.2) is 0 Å². The summed E-state index contributed by atoms with van der Waals surface area (Å²) in [7, 11) is 0. The van der Waals surface area contributed by atoms with Gasteiger partial charge in [0.2, 0.25) is 11.6 Å². The first-order chi connectivity index (χ1) is 13.4. The number of nitrogens with one attached hydrogen (secondary N) is 1. The van der Waals surface area contributed by atoms with Gasteiger partial charge in [-0.3, -0.25) is 19.3 Å². The average Bonchev–Trinajstić information content (AvgIpc) is 3.04. The number of carbonyl (C=O) groups excluding carboxylic acids is 3. The first kappa shape index (κ1) is 18.4. The Kier molecular flexibility index (Phi) is 4.34. The number of hydrogen-bond acceptors (Lipinski definition) is 3. The lowest BCUT2D eigenvalue weighted by Gasteiger charge is -2.48. The van der Waals surface area contributed by atoms with Crippen molar-refractivity contribution in [3.63, 3.8) is 0 Å². The third-order valence-corrected chi connectivity index (χ3v) is 5.52. The number of carbonyl (C=O) groups is 3. The lowest BCUT2D eigenvalue weighted by molar-refractivity contribution is -0.128. The molecule has 2 aromatic carbocycles. The van der Waals surface area contributed by atoms with Crippen LogP contribution in [0.3, 0.4) is 0 Å². The number of nitrogens with zero attached hydrogens (tertiary/aromatic N) is 2. The lowest BCUT2D eigenvalue weighted by Crippen LogP contribution is -2.69. The fourth-order valence-electron chi connectivity index (χ4n) is 4.01. The summed E-state index contributed by atoms with van der Waals surface area (Å²) in [5.41, 5.74) is -0.384. The molecule has 0 saturated carbocycles. The van der Waals surface area contributed by atoms with Crippen LogP contribution in [0.25, 0.3) is 0 Å². The molecule has 4 rings (SSSR count). The van der Waals surface area contributed by atoms with Crippen LogP contribution in [0.15, 0.2) is 42.5 Å². The van der Waals surface area contributed by atoms with Crippen molar-refractivity contribution in [3.8, 4) is 0 Å². The van der Waals surface area contributed by atoms with Gasteiger partial charge in [-0.15, -0.1) is 0 Å². The summed E-state index contributed by atoms with van der Waals surface area (Å²) in [5.74, 6) is -1.68. The molecule has 0 aliphatic carbocycles. The van der Waals surface area contributed by atoms with Gasteiger partial charge in [-0.25, -0.2) is 4.39 Å². The van der Waals surface area contributed by atoms with Crippen molar-refractivity contribution in [2.24, 2.45) is 0 Å². The number of amides is 3. The maximum Gasteiger partial charge on any atom is 0.271 e. The molecule has 144 valence electrons. The molecule has 2 aliphatic heterocycles. The number of halogens is 2. The van der Waals surface area contributed by atoms with E-state index in [4.69, 9.17) is 11.6 Å². The number of fused-ring (bicyclic) bond motifs is 3. The second kappa shape index (κ2) is 6.60. The van der Waals surface area contributed by atoms with Gasteiger partial charge < -0.3 is 10.2 Å². The van der Waals surface area contributed by atoms with Gasteiger partial charge in [-0.05, 0) is 37.3 Å². The van der Waals surface area contributed by atoms with Gasteiger partial charge in [0, 0.05) is 25.1 Å². The number of benzene rings is 2. The number of rotatable bonds is 3. The Morgan fingerprint density at radius 3 is 2.71 bits per heavy atom. The second-order valence-electron chi connectivity index (χ2n) is 6.70. The fraction of sp³-hybridized carbons (Fsp3) is 0.250. The minimum absolute atomic E-state index is 0.132. The van der Waals surface area contributed by atoms with Crippen LogP contribution in [-0.4, -0.2) is 34.8 Å². The van der Waals surface area contributed by atoms with Gasteiger partial charge in [-0.1, -0.05) is 23.7 Å². The third kappa shape index (κ3) is 2.50. The van der Waals surface area contributed by atoms with E-state index in [1.807, 2.05) is 0 Å². The van der Waals surface area contributed by atoms with Crippen molar-refractivity contribution in [1.82, 2.24) is 4.90 Å². The van der Waals surface area contributed by atoms with Crippen molar-refractivity contribution in [2.75, 3.05) is 16.8 Å². The van der Waals surface area contributed by atoms with Crippen LogP contribution in [0.1, 0.15) is 30.1 Å². The first-order valence-electron chi connectivity index (χ1n) is 8.90. The van der Waals surface area contributed by atoms with Crippen molar-refractivity contribution >= 4 is 40.7 Å². The topological polar surface area (TPSA) is 69.7 Å². The summed E-state index contributed by atoms with van der Waals surface area (Å²) in [6, 6.07) is 10.6. The van der Waals surface area contributed by atoms with Crippen LogP contribution in [-0.2, 0) is 9.59 Å². The predicted molar refractivity (Wildman–Crippen MR) is 103 cm³/mol. The van der Waals surface area contributed by atoms with E-state index < -0.39 is 17.4 Å². The van der Waals surface area contributed by atoms with E-state index >= 15 is 0 Å². The number of likely N-dealkylation sites (N-methyl/N-ethyl adjacent to an activating group) is 1. The van der Waals surface area contributed by atoms with E-state index in [9.17, 15) is 18.8 Å². The minimum atomic E-state index is -1.47. The summed E-state index contributed by atoms with van der Waals surface area (Å²) in [4.78, 5) is 42.1. The minimum Gasteiger partial charge on any atom is -0.322 e. The Balaban J connectivity index is 1.82. The van der Waals surface area contributed by atoms with E-state index in [0.717, 1.165) is 6.07 Å². The number of hydrogen-bond donors (Lipinski definition) is 1. The SMILES string of the molecule is CCN1C(=O)c2ccccc2N2C(=O)CC[C@]12C(=O)Nc1ccc(F)c(Cl)c1. The third-order valence-electron chi connectivity index (χ3n) is 5.23. The molecule has 0 radical (unpaired) electrons. The van der Waals surface area contributed by atoms with Gasteiger partial charge in [0.1, 0.15) is 5.82 Å². The monoisotopic (exact) mass is 401 g/mol. The molecule has 8 heteroatoms. The Bertz CT molecular complexity index is 1010. The van der Waals surface area contributed by atoms with Crippen LogP contribution < -0.4 is 10.2 Å². The molecule has 1 atom stereocenters.